The monoisotopic (exact) mass is 506 g/mol. The van der Waals surface area contributed by atoms with Gasteiger partial charge in [0.15, 0.2) is 5.65 Å². The average Bonchev–Trinajstić information content (AvgIpc) is 3.44. The van der Waals surface area contributed by atoms with Gasteiger partial charge in [0.25, 0.3) is 0 Å². The number of hydrogen-bond donors (Lipinski definition) is 0. The lowest BCUT2D eigenvalue weighted by atomic mass is 9.87. The van der Waals surface area contributed by atoms with E-state index in [1.165, 1.54) is 26.4 Å². The van der Waals surface area contributed by atoms with E-state index in [9.17, 15) is 4.79 Å². The van der Waals surface area contributed by atoms with Gasteiger partial charge in [-0.2, -0.15) is 4.98 Å². The van der Waals surface area contributed by atoms with Crippen LogP contribution in [0.25, 0.3) is 17.0 Å². The topological polar surface area (TPSA) is 91.1 Å². The summed E-state index contributed by atoms with van der Waals surface area (Å²) in [5.74, 6) is 1.44. The molecule has 0 fully saturated rings. The lowest BCUT2D eigenvalue weighted by Crippen LogP contribution is -2.21. The van der Waals surface area contributed by atoms with Crippen molar-refractivity contribution in [3.63, 3.8) is 0 Å². The fraction of sp³-hybridized carbons (Fsp3) is 0.240. The van der Waals surface area contributed by atoms with Crippen molar-refractivity contribution in [1.29, 1.82) is 0 Å². The Labute approximate surface area is 211 Å². The molecule has 0 amide bonds. The van der Waals surface area contributed by atoms with Crippen molar-refractivity contribution in [3.05, 3.63) is 93.4 Å². The molecule has 0 unspecified atom stereocenters. The number of hydrogen-bond acceptors (Lipinski definition) is 7. The van der Waals surface area contributed by atoms with Crippen LogP contribution in [0.3, 0.4) is 0 Å². The van der Waals surface area contributed by atoms with Crippen LogP contribution in [0.15, 0.2) is 75.3 Å². The molecule has 3 heterocycles. The molecule has 178 valence electrons. The molecular formula is C25H23ClN6O2S. The van der Waals surface area contributed by atoms with Crippen LogP contribution in [0, 0.1) is 0 Å². The van der Waals surface area contributed by atoms with Gasteiger partial charge in [-0.05, 0) is 28.7 Å². The maximum absolute atomic E-state index is 12.9. The van der Waals surface area contributed by atoms with Crippen molar-refractivity contribution in [3.8, 4) is 11.4 Å². The minimum Gasteiger partial charge on any atom is -0.337 e. The fourth-order valence-corrected chi connectivity index (χ4v) is 4.57. The SMILES string of the molecule is CC(C)(C)c1ccc(-c2noc(Cn3nc4c(SCc5ccc(Cl)cc5)nccn4c3=O)n2)cc1. The first kappa shape index (κ1) is 23.3. The number of rotatable bonds is 6. The molecule has 0 aliphatic heterocycles. The molecule has 3 aromatic heterocycles. The zero-order valence-electron chi connectivity index (χ0n) is 19.5. The summed E-state index contributed by atoms with van der Waals surface area (Å²) in [6.45, 7) is 6.56. The third-order valence-corrected chi connectivity index (χ3v) is 6.81. The quantitative estimate of drug-likeness (QED) is 0.291. The molecule has 0 saturated heterocycles. The van der Waals surface area contributed by atoms with E-state index < -0.39 is 0 Å². The van der Waals surface area contributed by atoms with E-state index in [1.807, 2.05) is 36.4 Å². The Morgan fingerprint density at radius 1 is 1.06 bits per heavy atom. The maximum atomic E-state index is 12.9. The standard InChI is InChI=1S/C25H23ClN6O2S/c1-25(2,3)18-8-6-17(7-9-18)21-28-20(34-30-21)14-32-24(33)31-13-12-27-23(22(31)29-32)35-15-16-4-10-19(26)11-5-16/h4-13H,14-15H2,1-3H3. The first-order chi connectivity index (χ1) is 16.8. The Morgan fingerprint density at radius 3 is 2.51 bits per heavy atom. The van der Waals surface area contributed by atoms with Crippen molar-refractivity contribution < 1.29 is 4.52 Å². The summed E-state index contributed by atoms with van der Waals surface area (Å²) < 4.78 is 8.20. The predicted octanol–water partition coefficient (Wildman–Crippen LogP) is 5.23. The Balaban J connectivity index is 1.36. The minimum atomic E-state index is -0.301. The van der Waals surface area contributed by atoms with Crippen LogP contribution in [0.4, 0.5) is 0 Å². The average molecular weight is 507 g/mol. The third kappa shape index (κ3) is 5.01. The molecule has 8 nitrogen and oxygen atoms in total. The second-order valence-electron chi connectivity index (χ2n) is 9.12. The second-order valence-corrected chi connectivity index (χ2v) is 10.5. The number of fused-ring (bicyclic) bond motifs is 1. The summed E-state index contributed by atoms with van der Waals surface area (Å²) in [4.78, 5) is 21.8. The van der Waals surface area contributed by atoms with Crippen LogP contribution in [0.1, 0.15) is 37.8 Å². The summed E-state index contributed by atoms with van der Waals surface area (Å²) in [5, 5.41) is 9.92. The van der Waals surface area contributed by atoms with E-state index in [0.717, 1.165) is 11.1 Å². The molecule has 0 saturated carbocycles. The van der Waals surface area contributed by atoms with Crippen molar-refractivity contribution in [2.75, 3.05) is 0 Å². The number of aromatic nitrogens is 6. The summed E-state index contributed by atoms with van der Waals surface area (Å²) in [6.07, 6.45) is 3.19. The van der Waals surface area contributed by atoms with E-state index in [2.05, 4.69) is 53.1 Å². The zero-order valence-corrected chi connectivity index (χ0v) is 21.0. The first-order valence-corrected chi connectivity index (χ1v) is 12.4. The van der Waals surface area contributed by atoms with Crippen LogP contribution in [0.2, 0.25) is 5.02 Å². The van der Waals surface area contributed by atoms with Gasteiger partial charge < -0.3 is 4.52 Å². The van der Waals surface area contributed by atoms with Crippen LogP contribution in [-0.4, -0.2) is 29.3 Å². The first-order valence-electron chi connectivity index (χ1n) is 11.0. The highest BCUT2D eigenvalue weighted by Crippen LogP contribution is 2.26. The van der Waals surface area contributed by atoms with Crippen molar-refractivity contribution in [2.24, 2.45) is 0 Å². The highest BCUT2D eigenvalue weighted by molar-refractivity contribution is 7.98. The van der Waals surface area contributed by atoms with Crippen LogP contribution >= 0.6 is 23.4 Å². The van der Waals surface area contributed by atoms with E-state index in [1.54, 1.807) is 12.4 Å². The van der Waals surface area contributed by atoms with Crippen LogP contribution in [-0.2, 0) is 17.7 Å². The molecule has 0 atom stereocenters. The van der Waals surface area contributed by atoms with Gasteiger partial charge in [0.2, 0.25) is 11.7 Å². The third-order valence-electron chi connectivity index (χ3n) is 5.52. The van der Waals surface area contributed by atoms with Crippen molar-refractivity contribution >= 4 is 29.0 Å². The highest BCUT2D eigenvalue weighted by atomic mass is 35.5. The molecule has 0 radical (unpaired) electrons. The predicted molar refractivity (Wildman–Crippen MR) is 136 cm³/mol. The van der Waals surface area contributed by atoms with Gasteiger partial charge in [-0.25, -0.2) is 18.9 Å². The van der Waals surface area contributed by atoms with E-state index in [-0.39, 0.29) is 17.6 Å². The van der Waals surface area contributed by atoms with Gasteiger partial charge in [-0.1, -0.05) is 85.7 Å². The summed E-state index contributed by atoms with van der Waals surface area (Å²) >= 11 is 7.47. The molecule has 0 bridgehead atoms. The normalized spacial score (nSPS) is 11.9. The molecule has 10 heteroatoms. The molecule has 5 aromatic rings. The minimum absolute atomic E-state index is 0.0616. The Morgan fingerprint density at radius 2 is 1.80 bits per heavy atom. The summed E-state index contributed by atoms with van der Waals surface area (Å²) in [5.41, 5.74) is 3.41. The Bertz CT molecular complexity index is 1530. The lowest BCUT2D eigenvalue weighted by molar-refractivity contribution is 0.364. The highest BCUT2D eigenvalue weighted by Gasteiger charge is 2.17. The molecule has 0 aliphatic carbocycles. The summed E-state index contributed by atoms with van der Waals surface area (Å²) in [6, 6.07) is 15.7. The van der Waals surface area contributed by atoms with Crippen molar-refractivity contribution in [2.45, 2.75) is 43.5 Å². The second kappa shape index (κ2) is 9.31. The number of thioether (sulfide) groups is 1. The summed E-state index contributed by atoms with van der Waals surface area (Å²) in [7, 11) is 0. The number of benzene rings is 2. The molecule has 35 heavy (non-hydrogen) atoms. The molecule has 0 spiro atoms. The zero-order chi connectivity index (χ0) is 24.6. The Kier molecular flexibility index (Phi) is 6.21. The molecule has 2 aromatic carbocycles. The van der Waals surface area contributed by atoms with Crippen LogP contribution < -0.4 is 5.69 Å². The van der Waals surface area contributed by atoms with Crippen LogP contribution in [0.5, 0.6) is 0 Å². The van der Waals surface area contributed by atoms with Gasteiger partial charge in [0, 0.05) is 28.7 Å². The maximum Gasteiger partial charge on any atom is 0.350 e. The molecular weight excluding hydrogens is 484 g/mol. The van der Waals surface area contributed by atoms with Crippen molar-refractivity contribution in [1.82, 2.24) is 29.3 Å². The van der Waals surface area contributed by atoms with E-state index >= 15 is 0 Å². The van der Waals surface area contributed by atoms with Gasteiger partial charge in [0.1, 0.15) is 11.6 Å². The van der Waals surface area contributed by atoms with Gasteiger partial charge >= 0.3 is 5.69 Å². The smallest absolute Gasteiger partial charge is 0.337 e. The van der Waals surface area contributed by atoms with Gasteiger partial charge in [-0.3, -0.25) is 0 Å². The number of halogens is 1. The van der Waals surface area contributed by atoms with Gasteiger partial charge in [0.05, 0.1) is 0 Å². The number of nitrogens with zero attached hydrogens (tertiary/aromatic N) is 6. The fourth-order valence-electron chi connectivity index (χ4n) is 3.55. The van der Waals surface area contributed by atoms with Gasteiger partial charge in [-0.15, -0.1) is 5.10 Å². The Hall–Kier alpha value is -3.43. The van der Waals surface area contributed by atoms with E-state index in [4.69, 9.17) is 16.1 Å². The molecule has 5 rings (SSSR count). The lowest BCUT2D eigenvalue weighted by Gasteiger charge is -2.18. The molecule has 0 N–H and O–H groups in total. The van der Waals surface area contributed by atoms with E-state index in [0.29, 0.717) is 33.2 Å². The molecule has 0 aliphatic rings. The largest absolute Gasteiger partial charge is 0.350 e.